The number of likely N-dealkylation sites (N-methyl/N-ethyl adjacent to an activating group) is 1. The Labute approximate surface area is 218 Å². The molecule has 4 atom stereocenters. The number of carbonyl (C=O) groups is 1. The van der Waals surface area contributed by atoms with Crippen molar-refractivity contribution in [3.05, 3.63) is 64.2 Å². The molecule has 4 heterocycles. The molecule has 2 saturated heterocycles. The van der Waals surface area contributed by atoms with Crippen LogP contribution in [-0.2, 0) is 6.42 Å². The molecule has 2 fully saturated rings. The Morgan fingerprint density at radius 3 is 2.59 bits per heavy atom. The molecule has 1 aromatic heterocycles. The van der Waals surface area contributed by atoms with Gasteiger partial charge in [0.15, 0.2) is 0 Å². The van der Waals surface area contributed by atoms with Gasteiger partial charge in [0.25, 0.3) is 5.91 Å². The number of amides is 1. The summed E-state index contributed by atoms with van der Waals surface area (Å²) in [6.07, 6.45) is 6.87. The van der Waals surface area contributed by atoms with Gasteiger partial charge in [0.1, 0.15) is 11.5 Å². The molecule has 0 saturated carbocycles. The van der Waals surface area contributed by atoms with Gasteiger partial charge in [-0.15, -0.1) is 0 Å². The van der Waals surface area contributed by atoms with E-state index in [1.54, 1.807) is 12.3 Å². The van der Waals surface area contributed by atoms with Crippen molar-refractivity contribution in [2.75, 3.05) is 20.1 Å². The number of halogens is 1. The van der Waals surface area contributed by atoms with E-state index in [0.717, 1.165) is 59.6 Å². The summed E-state index contributed by atoms with van der Waals surface area (Å²) in [6, 6.07) is 6.93. The van der Waals surface area contributed by atoms with Gasteiger partial charge in [0.05, 0.1) is 11.3 Å². The number of rotatable bonds is 4. The number of hydrogen-bond acceptors (Lipinski definition) is 5. The molecule has 1 aliphatic carbocycles. The number of aromatic nitrogens is 1. The van der Waals surface area contributed by atoms with Gasteiger partial charge in [-0.3, -0.25) is 19.7 Å². The minimum atomic E-state index is -0.301. The van der Waals surface area contributed by atoms with E-state index in [9.17, 15) is 4.79 Å². The number of nitrogens with one attached hydrogen (secondary N) is 1. The molecule has 6 nitrogen and oxygen atoms in total. The van der Waals surface area contributed by atoms with E-state index in [1.807, 2.05) is 17.9 Å². The maximum absolute atomic E-state index is 15.3. The second-order valence-corrected chi connectivity index (χ2v) is 11.6. The molecule has 194 valence electrons. The highest BCUT2D eigenvalue weighted by Gasteiger charge is 2.39. The van der Waals surface area contributed by atoms with Crippen LogP contribution in [0, 0.1) is 5.82 Å². The van der Waals surface area contributed by atoms with Crippen molar-refractivity contribution in [2.45, 2.75) is 77.0 Å². The van der Waals surface area contributed by atoms with E-state index in [2.05, 4.69) is 55.2 Å². The van der Waals surface area contributed by atoms with Gasteiger partial charge in [-0.2, -0.15) is 0 Å². The van der Waals surface area contributed by atoms with E-state index in [4.69, 9.17) is 4.98 Å². The normalized spacial score (nSPS) is 26.7. The van der Waals surface area contributed by atoms with Crippen molar-refractivity contribution in [3.63, 3.8) is 0 Å². The predicted octanol–water partition coefficient (Wildman–Crippen LogP) is 4.70. The number of piperazine rings is 1. The maximum Gasteiger partial charge on any atom is 0.255 e. The van der Waals surface area contributed by atoms with Crippen molar-refractivity contribution >= 4 is 22.9 Å². The molecule has 7 heteroatoms. The fraction of sp³-hybridized carbons (Fsp3) is 0.500. The van der Waals surface area contributed by atoms with Gasteiger partial charge >= 0.3 is 0 Å². The summed E-state index contributed by atoms with van der Waals surface area (Å²) in [7, 11) is 2.17. The monoisotopic (exact) mass is 501 g/mol. The highest BCUT2D eigenvalue weighted by atomic mass is 19.1. The van der Waals surface area contributed by atoms with Crippen LogP contribution in [0.4, 0.5) is 10.1 Å². The highest BCUT2D eigenvalue weighted by Crippen LogP contribution is 2.41. The van der Waals surface area contributed by atoms with Crippen molar-refractivity contribution in [1.82, 2.24) is 20.1 Å². The number of benzene rings is 1. The first kappa shape index (κ1) is 24.4. The van der Waals surface area contributed by atoms with E-state index >= 15 is 4.39 Å². The van der Waals surface area contributed by atoms with Crippen molar-refractivity contribution in [1.29, 1.82) is 0 Å². The van der Waals surface area contributed by atoms with Crippen LogP contribution in [0.25, 0.3) is 5.57 Å². The summed E-state index contributed by atoms with van der Waals surface area (Å²) in [5.74, 6) is -0.156. The number of likely N-dealkylation sites (tertiary alicyclic amines) is 1. The maximum atomic E-state index is 15.3. The Kier molecular flexibility index (Phi) is 6.03. The summed E-state index contributed by atoms with van der Waals surface area (Å²) < 4.78 is 15.3. The number of allylic oxidation sites excluding steroid dienone is 1. The molecule has 2 bridgehead atoms. The van der Waals surface area contributed by atoms with Gasteiger partial charge < -0.3 is 10.2 Å². The summed E-state index contributed by atoms with van der Waals surface area (Å²) >= 11 is 0. The number of aliphatic imine (C=N–C) groups is 1. The van der Waals surface area contributed by atoms with E-state index in [1.165, 1.54) is 0 Å². The second-order valence-electron chi connectivity index (χ2n) is 11.6. The van der Waals surface area contributed by atoms with Gasteiger partial charge in [-0.25, -0.2) is 4.39 Å². The average Bonchev–Trinajstić information content (AvgIpc) is 3.27. The number of hydrogen-bond donors (Lipinski definition) is 1. The van der Waals surface area contributed by atoms with Crippen LogP contribution < -0.4 is 5.32 Å². The predicted molar refractivity (Wildman–Crippen MR) is 145 cm³/mol. The van der Waals surface area contributed by atoms with Crippen LogP contribution in [0.15, 0.2) is 35.5 Å². The van der Waals surface area contributed by atoms with Crippen LogP contribution in [-0.4, -0.2) is 70.7 Å². The molecule has 37 heavy (non-hydrogen) atoms. The Morgan fingerprint density at radius 1 is 1.16 bits per heavy atom. The lowest BCUT2D eigenvalue weighted by molar-refractivity contribution is 0.0523. The fourth-order valence-electron chi connectivity index (χ4n) is 6.60. The molecule has 1 aromatic carbocycles. The SMILES string of the molecule is CC1=Nc2c(F)cc(C3=C[C@H](C)c4ncc(C(=O)N5CC6CCC(C5)N6C)cc43)cc2CC1NC(C)C. The molecular formula is C30H36FN5O. The lowest BCUT2D eigenvalue weighted by Crippen LogP contribution is -2.53. The Balaban J connectivity index is 1.32. The zero-order valence-corrected chi connectivity index (χ0v) is 22.4. The molecule has 2 aromatic rings. The first-order chi connectivity index (χ1) is 17.7. The summed E-state index contributed by atoms with van der Waals surface area (Å²) in [6.45, 7) is 9.82. The van der Waals surface area contributed by atoms with Crippen LogP contribution in [0.5, 0.6) is 0 Å². The molecule has 0 spiro atoms. The van der Waals surface area contributed by atoms with Gasteiger partial charge in [-0.05, 0) is 68.1 Å². The van der Waals surface area contributed by atoms with Crippen LogP contribution >= 0.6 is 0 Å². The number of pyridine rings is 1. The van der Waals surface area contributed by atoms with Gasteiger partial charge in [0, 0.05) is 60.6 Å². The summed E-state index contributed by atoms with van der Waals surface area (Å²) in [5.41, 5.74) is 6.53. The van der Waals surface area contributed by atoms with Gasteiger partial charge in [0.2, 0.25) is 0 Å². The second kappa shape index (κ2) is 9.14. The summed E-state index contributed by atoms with van der Waals surface area (Å²) in [5, 5.41) is 3.54. The summed E-state index contributed by atoms with van der Waals surface area (Å²) in [4.78, 5) is 27.3. The first-order valence-electron chi connectivity index (χ1n) is 13.6. The molecule has 6 rings (SSSR count). The van der Waals surface area contributed by atoms with Crippen LogP contribution in [0.2, 0.25) is 0 Å². The van der Waals surface area contributed by atoms with Crippen molar-refractivity contribution in [2.24, 2.45) is 4.99 Å². The Morgan fingerprint density at radius 2 is 1.89 bits per heavy atom. The van der Waals surface area contributed by atoms with Crippen molar-refractivity contribution in [3.8, 4) is 0 Å². The average molecular weight is 502 g/mol. The third kappa shape index (κ3) is 4.22. The fourth-order valence-corrected chi connectivity index (χ4v) is 6.60. The highest BCUT2D eigenvalue weighted by molar-refractivity contribution is 5.97. The first-order valence-corrected chi connectivity index (χ1v) is 13.6. The van der Waals surface area contributed by atoms with Gasteiger partial charge in [-0.1, -0.05) is 26.8 Å². The smallest absolute Gasteiger partial charge is 0.255 e. The topological polar surface area (TPSA) is 60.8 Å². The lowest BCUT2D eigenvalue weighted by Gasteiger charge is -2.38. The quantitative estimate of drug-likeness (QED) is 0.660. The molecule has 3 unspecified atom stereocenters. The molecule has 3 aliphatic heterocycles. The zero-order valence-electron chi connectivity index (χ0n) is 22.4. The molecule has 0 radical (unpaired) electrons. The molecule has 1 amide bonds. The van der Waals surface area contributed by atoms with Crippen LogP contribution in [0.1, 0.15) is 79.2 Å². The Bertz CT molecular complexity index is 1320. The number of fused-ring (bicyclic) bond motifs is 4. The number of carbonyl (C=O) groups excluding carboxylic acids is 1. The van der Waals surface area contributed by atoms with Crippen LogP contribution in [0.3, 0.4) is 0 Å². The molecular weight excluding hydrogens is 465 g/mol. The molecule has 1 N–H and O–H groups in total. The number of nitrogens with zero attached hydrogens (tertiary/aromatic N) is 4. The minimum Gasteiger partial charge on any atom is -0.335 e. The van der Waals surface area contributed by atoms with E-state index in [0.29, 0.717) is 35.8 Å². The van der Waals surface area contributed by atoms with E-state index in [-0.39, 0.29) is 23.7 Å². The largest absolute Gasteiger partial charge is 0.335 e. The van der Waals surface area contributed by atoms with E-state index < -0.39 is 0 Å². The lowest BCUT2D eigenvalue weighted by atomic mass is 9.91. The third-order valence-corrected chi connectivity index (χ3v) is 8.64. The zero-order chi connectivity index (χ0) is 26.0. The standard InChI is InChI=1S/C30H36FN5O/c1-16(2)33-27-12-20-9-19(11-26(31)29(20)34-18(27)4)24-8-17(3)28-25(24)10-21(13-32-28)30(37)36-14-22-6-7-23(15-36)35(22)5/h8-11,13,16-17,22-23,27,33H,6-7,12,14-15H2,1-5H3/t17-,22?,23?,27?/m0/s1. The minimum absolute atomic E-state index is 0.0447. The molecule has 4 aliphatic rings. The third-order valence-electron chi connectivity index (χ3n) is 8.64. The Hall–Kier alpha value is -2.90. The van der Waals surface area contributed by atoms with Crippen molar-refractivity contribution < 1.29 is 9.18 Å².